The average Bonchev–Trinajstić information content (AvgIpc) is 3.17. The van der Waals surface area contributed by atoms with E-state index in [0.29, 0.717) is 13.1 Å². The molecule has 0 amide bonds. The van der Waals surface area contributed by atoms with Crippen LogP contribution in [0.5, 0.6) is 0 Å². The van der Waals surface area contributed by atoms with Crippen molar-refractivity contribution < 1.29 is 0 Å². The average molecular weight is 534 g/mol. The number of hydrogen-bond donors (Lipinski definition) is 2. The zero-order chi connectivity index (χ0) is 20.4. The van der Waals surface area contributed by atoms with Gasteiger partial charge in [-0.3, -0.25) is 4.90 Å². The third-order valence-electron chi connectivity index (χ3n) is 4.74. The van der Waals surface area contributed by atoms with Gasteiger partial charge in [0.25, 0.3) is 0 Å². The van der Waals surface area contributed by atoms with Crippen LogP contribution < -0.4 is 10.6 Å². The summed E-state index contributed by atoms with van der Waals surface area (Å²) in [5.41, 5.74) is 1.13. The summed E-state index contributed by atoms with van der Waals surface area (Å²) in [5.74, 6) is 1.61. The van der Waals surface area contributed by atoms with Crippen LogP contribution >= 0.6 is 35.6 Å². The molecule has 0 radical (unpaired) electrons. The Labute approximate surface area is 196 Å². The fourth-order valence-corrected chi connectivity index (χ4v) is 3.46. The van der Waals surface area contributed by atoms with E-state index in [1.807, 2.05) is 22.8 Å². The third-order valence-corrected chi connectivity index (χ3v) is 5.08. The van der Waals surface area contributed by atoms with Gasteiger partial charge < -0.3 is 15.2 Å². The molecule has 0 fully saturated rings. The molecule has 2 N–H and O–H groups in total. The number of nitrogens with one attached hydrogen (secondary N) is 2. The Balaban J connectivity index is 0.00000420. The Hall–Kier alpha value is -1.39. The van der Waals surface area contributed by atoms with Crippen molar-refractivity contribution in [2.24, 2.45) is 4.99 Å². The number of nitrogens with zero attached hydrogens (tertiary/aromatic N) is 5. The summed E-state index contributed by atoms with van der Waals surface area (Å²) in [6.45, 7) is 13.2. The number of rotatable bonds is 10. The van der Waals surface area contributed by atoms with Crippen molar-refractivity contribution in [2.75, 3.05) is 26.2 Å². The van der Waals surface area contributed by atoms with Crippen LogP contribution in [0.1, 0.15) is 45.1 Å². The molecule has 29 heavy (non-hydrogen) atoms. The van der Waals surface area contributed by atoms with Gasteiger partial charge in [0.2, 0.25) is 0 Å². The standard InChI is InChI=1S/C20H32ClN7.HI/c1-5-22-20(24-14-19-26-25-15-28(19)8-4)23-13-18(27(6-2)7-3)16-11-9-10-12-17(16)21;/h9-12,15,18H,5-8,13-14H2,1-4H3,(H2,22,23,24);1H. The summed E-state index contributed by atoms with van der Waals surface area (Å²) < 4.78 is 2.00. The molecular formula is C20H33ClIN7. The minimum Gasteiger partial charge on any atom is -0.357 e. The maximum Gasteiger partial charge on any atom is 0.191 e. The normalized spacial score (nSPS) is 12.6. The Bertz CT molecular complexity index is 746. The second-order valence-electron chi connectivity index (χ2n) is 6.37. The molecule has 0 bridgehead atoms. The Kier molecular flexibility index (Phi) is 12.2. The van der Waals surface area contributed by atoms with E-state index in [-0.39, 0.29) is 30.0 Å². The largest absolute Gasteiger partial charge is 0.357 e. The predicted molar refractivity (Wildman–Crippen MR) is 131 cm³/mol. The quantitative estimate of drug-likeness (QED) is 0.277. The Morgan fingerprint density at radius 1 is 1.17 bits per heavy atom. The lowest BCUT2D eigenvalue weighted by Gasteiger charge is -2.31. The van der Waals surface area contributed by atoms with Gasteiger partial charge in [-0.1, -0.05) is 43.6 Å². The van der Waals surface area contributed by atoms with Crippen molar-refractivity contribution in [1.29, 1.82) is 0 Å². The molecule has 0 saturated heterocycles. The van der Waals surface area contributed by atoms with Crippen molar-refractivity contribution >= 4 is 41.5 Å². The van der Waals surface area contributed by atoms with Crippen LogP contribution in [0.3, 0.4) is 0 Å². The van der Waals surface area contributed by atoms with Crippen molar-refractivity contribution in [3.63, 3.8) is 0 Å². The molecule has 0 aliphatic rings. The van der Waals surface area contributed by atoms with E-state index >= 15 is 0 Å². The molecule has 1 unspecified atom stereocenters. The zero-order valence-corrected chi connectivity index (χ0v) is 20.8. The van der Waals surface area contributed by atoms with E-state index in [0.717, 1.165) is 48.5 Å². The minimum atomic E-state index is 0. The number of guanidine groups is 1. The summed E-state index contributed by atoms with van der Waals surface area (Å²) in [5, 5.41) is 15.7. The smallest absolute Gasteiger partial charge is 0.191 e. The lowest BCUT2D eigenvalue weighted by molar-refractivity contribution is 0.219. The topological polar surface area (TPSA) is 70.4 Å². The number of halogens is 2. The SMILES string of the molecule is CCNC(=NCc1nncn1CC)NCC(c1ccccc1Cl)N(CC)CC.I. The number of aliphatic imine (C=N–C) groups is 1. The fourth-order valence-electron chi connectivity index (χ4n) is 3.20. The molecule has 0 spiro atoms. The van der Waals surface area contributed by atoms with Crippen molar-refractivity contribution in [1.82, 2.24) is 30.3 Å². The molecule has 162 valence electrons. The summed E-state index contributed by atoms with van der Waals surface area (Å²) in [4.78, 5) is 7.08. The van der Waals surface area contributed by atoms with Gasteiger partial charge in [0, 0.05) is 24.7 Å². The molecule has 2 aromatic rings. The third kappa shape index (κ3) is 7.42. The molecule has 1 aromatic heterocycles. The van der Waals surface area contributed by atoms with Crippen LogP contribution in [0.25, 0.3) is 0 Å². The van der Waals surface area contributed by atoms with E-state index in [4.69, 9.17) is 11.6 Å². The first-order valence-electron chi connectivity index (χ1n) is 10.0. The van der Waals surface area contributed by atoms with Gasteiger partial charge in [0.05, 0.1) is 6.04 Å². The summed E-state index contributed by atoms with van der Waals surface area (Å²) in [7, 11) is 0. The van der Waals surface area contributed by atoms with Crippen LogP contribution in [-0.4, -0.2) is 51.8 Å². The zero-order valence-electron chi connectivity index (χ0n) is 17.7. The van der Waals surface area contributed by atoms with Crippen molar-refractivity contribution in [3.05, 3.63) is 47.0 Å². The van der Waals surface area contributed by atoms with E-state index < -0.39 is 0 Å². The second kappa shape index (κ2) is 13.8. The number of aromatic nitrogens is 3. The van der Waals surface area contributed by atoms with Gasteiger partial charge >= 0.3 is 0 Å². The molecular weight excluding hydrogens is 501 g/mol. The van der Waals surface area contributed by atoms with E-state index in [2.05, 4.69) is 64.5 Å². The highest BCUT2D eigenvalue weighted by Crippen LogP contribution is 2.26. The van der Waals surface area contributed by atoms with Gasteiger partial charge in [-0.25, -0.2) is 4.99 Å². The first-order valence-corrected chi connectivity index (χ1v) is 10.4. The molecule has 9 heteroatoms. The van der Waals surface area contributed by atoms with Crippen LogP contribution in [0.2, 0.25) is 5.02 Å². The van der Waals surface area contributed by atoms with Crippen LogP contribution in [0.4, 0.5) is 0 Å². The Morgan fingerprint density at radius 3 is 2.52 bits per heavy atom. The molecule has 2 rings (SSSR count). The first-order chi connectivity index (χ1) is 13.6. The van der Waals surface area contributed by atoms with Crippen LogP contribution in [0, 0.1) is 0 Å². The van der Waals surface area contributed by atoms with Crippen molar-refractivity contribution in [2.45, 2.75) is 46.8 Å². The van der Waals surface area contributed by atoms with E-state index in [1.165, 1.54) is 0 Å². The van der Waals surface area contributed by atoms with E-state index in [1.54, 1.807) is 6.33 Å². The summed E-state index contributed by atoms with van der Waals surface area (Å²) >= 11 is 6.50. The van der Waals surface area contributed by atoms with E-state index in [9.17, 15) is 0 Å². The van der Waals surface area contributed by atoms with Gasteiger partial charge in [0.1, 0.15) is 12.9 Å². The van der Waals surface area contributed by atoms with Crippen LogP contribution in [0.15, 0.2) is 35.6 Å². The van der Waals surface area contributed by atoms with Gasteiger partial charge in [-0.2, -0.15) is 0 Å². The molecule has 0 aliphatic carbocycles. The lowest BCUT2D eigenvalue weighted by Crippen LogP contribution is -2.43. The molecule has 1 atom stereocenters. The number of likely N-dealkylation sites (N-methyl/N-ethyl adjacent to an activating group) is 1. The first kappa shape index (κ1) is 25.6. The highest BCUT2D eigenvalue weighted by atomic mass is 127. The molecule has 7 nitrogen and oxygen atoms in total. The molecule has 1 aromatic carbocycles. The number of hydrogen-bond acceptors (Lipinski definition) is 4. The number of benzene rings is 1. The Morgan fingerprint density at radius 2 is 1.90 bits per heavy atom. The highest BCUT2D eigenvalue weighted by molar-refractivity contribution is 14.0. The summed E-state index contributed by atoms with van der Waals surface area (Å²) in [6, 6.07) is 8.21. The molecule has 0 aliphatic heterocycles. The predicted octanol–water partition coefficient (Wildman–Crippen LogP) is 3.71. The summed E-state index contributed by atoms with van der Waals surface area (Å²) in [6.07, 6.45) is 1.74. The number of aryl methyl sites for hydroxylation is 1. The minimum absolute atomic E-state index is 0. The van der Waals surface area contributed by atoms with Crippen molar-refractivity contribution in [3.8, 4) is 0 Å². The van der Waals surface area contributed by atoms with Gasteiger partial charge in [0.15, 0.2) is 11.8 Å². The lowest BCUT2D eigenvalue weighted by atomic mass is 10.0. The maximum atomic E-state index is 6.50. The monoisotopic (exact) mass is 533 g/mol. The molecule has 1 heterocycles. The highest BCUT2D eigenvalue weighted by Gasteiger charge is 2.20. The maximum absolute atomic E-state index is 6.50. The van der Waals surface area contributed by atoms with Gasteiger partial charge in [-0.05, 0) is 38.6 Å². The second-order valence-corrected chi connectivity index (χ2v) is 6.77. The van der Waals surface area contributed by atoms with Crippen LogP contribution in [-0.2, 0) is 13.1 Å². The van der Waals surface area contributed by atoms with Gasteiger partial charge in [-0.15, -0.1) is 34.2 Å². The molecule has 0 saturated carbocycles. The fraction of sp³-hybridized carbons (Fsp3) is 0.550.